The van der Waals surface area contributed by atoms with E-state index in [9.17, 15) is 39.0 Å². The van der Waals surface area contributed by atoms with Crippen molar-refractivity contribution in [3.8, 4) is 11.5 Å². The van der Waals surface area contributed by atoms with Gasteiger partial charge in [-0.25, -0.2) is 0 Å². The summed E-state index contributed by atoms with van der Waals surface area (Å²) in [5, 5.41) is 32.9. The lowest BCUT2D eigenvalue weighted by Gasteiger charge is -2.29. The van der Waals surface area contributed by atoms with Crippen LogP contribution in [0.2, 0.25) is 0 Å². The third-order valence-corrected chi connectivity index (χ3v) is 9.06. The van der Waals surface area contributed by atoms with Gasteiger partial charge in [-0.1, -0.05) is 44.5 Å². The second-order valence-corrected chi connectivity index (χ2v) is 13.7. The number of guanidine groups is 1. The SMILES string of the molecule is CC[C@H](C)[C@H](NC(=O)[C@H](CCCN=C(N)N)NC(=O)[C@H](Cc1ccc(O)cc1)NC(=O)[C@H](Cc1ccc(O)cc1)NC(C)=O)C(=O)N[C@@H](CCCCN)C(N)=O. The van der Waals surface area contributed by atoms with E-state index >= 15 is 0 Å². The van der Waals surface area contributed by atoms with E-state index in [2.05, 4.69) is 31.6 Å². The summed E-state index contributed by atoms with van der Waals surface area (Å²) in [4.78, 5) is 83.7. The number of aromatic hydroxyl groups is 2. The molecule has 6 atom stereocenters. The van der Waals surface area contributed by atoms with E-state index in [0.29, 0.717) is 36.9 Å². The Morgan fingerprint density at radius 2 is 1.11 bits per heavy atom. The second kappa shape index (κ2) is 23.8. The molecule has 0 aliphatic rings. The number of carbonyl (C=O) groups excluding carboxylic acids is 6. The van der Waals surface area contributed by atoms with Crippen LogP contribution in [-0.2, 0) is 41.6 Å². The lowest BCUT2D eigenvalue weighted by molar-refractivity contribution is -0.135. The fraction of sp³-hybridized carbons (Fsp3) is 0.500. The van der Waals surface area contributed by atoms with Crippen LogP contribution in [-0.4, -0.2) is 94.9 Å². The Hall–Kier alpha value is -5.91. The number of rotatable bonds is 24. The molecule has 0 unspecified atom stereocenters. The Kier molecular flexibility index (Phi) is 19.6. The van der Waals surface area contributed by atoms with Gasteiger partial charge in [-0.15, -0.1) is 0 Å². The Balaban J connectivity index is 2.43. The molecule has 6 amide bonds. The number of amides is 6. The highest BCUT2D eigenvalue weighted by Gasteiger charge is 2.34. The second-order valence-electron chi connectivity index (χ2n) is 13.7. The zero-order valence-electron chi connectivity index (χ0n) is 32.3. The number of hydrogen-bond acceptors (Lipinski definition) is 10. The fourth-order valence-corrected chi connectivity index (χ4v) is 5.71. The minimum Gasteiger partial charge on any atom is -0.508 e. The van der Waals surface area contributed by atoms with Crippen LogP contribution in [0, 0.1) is 5.92 Å². The molecule has 0 saturated carbocycles. The van der Waals surface area contributed by atoms with E-state index in [4.69, 9.17) is 22.9 Å². The summed E-state index contributed by atoms with van der Waals surface area (Å²) in [6, 6.07) is 6.22. The molecular formula is C38H58N10O8. The van der Waals surface area contributed by atoms with Crippen LogP contribution in [0.3, 0.4) is 0 Å². The first kappa shape index (κ1) is 46.2. The van der Waals surface area contributed by atoms with Gasteiger partial charge in [0.15, 0.2) is 5.96 Å². The third-order valence-electron chi connectivity index (χ3n) is 9.06. The summed E-state index contributed by atoms with van der Waals surface area (Å²) in [7, 11) is 0. The molecule has 2 aromatic carbocycles. The van der Waals surface area contributed by atoms with Crippen molar-refractivity contribution in [3.63, 3.8) is 0 Å². The van der Waals surface area contributed by atoms with Gasteiger partial charge in [0.1, 0.15) is 41.7 Å². The van der Waals surface area contributed by atoms with Crippen molar-refractivity contribution in [1.82, 2.24) is 26.6 Å². The van der Waals surface area contributed by atoms with Gasteiger partial charge in [-0.05, 0) is 80.0 Å². The summed E-state index contributed by atoms with van der Waals surface area (Å²) in [6.07, 6.45) is 2.07. The van der Waals surface area contributed by atoms with Crippen LogP contribution >= 0.6 is 0 Å². The molecule has 308 valence electrons. The molecule has 18 nitrogen and oxygen atoms in total. The van der Waals surface area contributed by atoms with Gasteiger partial charge in [-0.3, -0.25) is 33.8 Å². The Morgan fingerprint density at radius 3 is 1.57 bits per heavy atom. The number of primary amides is 1. The maximum Gasteiger partial charge on any atom is 0.243 e. The van der Waals surface area contributed by atoms with Crippen LogP contribution in [0.5, 0.6) is 11.5 Å². The quantitative estimate of drug-likeness (QED) is 0.0350. The molecule has 0 spiro atoms. The van der Waals surface area contributed by atoms with E-state index in [1.165, 1.54) is 31.2 Å². The van der Waals surface area contributed by atoms with Crippen molar-refractivity contribution >= 4 is 41.4 Å². The molecule has 0 fully saturated rings. The summed E-state index contributed by atoms with van der Waals surface area (Å²) in [5.41, 5.74) is 23.3. The maximum atomic E-state index is 14.1. The fourth-order valence-electron chi connectivity index (χ4n) is 5.71. The summed E-state index contributed by atoms with van der Waals surface area (Å²) >= 11 is 0. The zero-order chi connectivity index (χ0) is 41.8. The molecule has 0 aliphatic carbocycles. The minimum absolute atomic E-state index is 0.0149. The molecule has 0 bridgehead atoms. The van der Waals surface area contributed by atoms with Crippen molar-refractivity contribution in [1.29, 1.82) is 0 Å². The van der Waals surface area contributed by atoms with Crippen LogP contribution in [0.25, 0.3) is 0 Å². The summed E-state index contributed by atoms with van der Waals surface area (Å²) in [6.45, 7) is 5.33. The zero-order valence-corrected chi connectivity index (χ0v) is 32.3. The molecule has 2 rings (SSSR count). The number of carbonyl (C=O) groups is 6. The molecule has 56 heavy (non-hydrogen) atoms. The molecular weight excluding hydrogens is 724 g/mol. The number of phenolic OH excluding ortho intramolecular Hbond substituents is 2. The van der Waals surface area contributed by atoms with Crippen molar-refractivity contribution in [2.75, 3.05) is 13.1 Å². The van der Waals surface area contributed by atoms with Crippen LogP contribution in [0.4, 0.5) is 0 Å². The number of nitrogens with two attached hydrogens (primary N) is 4. The highest BCUT2D eigenvalue weighted by Crippen LogP contribution is 2.15. The molecule has 0 aliphatic heterocycles. The maximum absolute atomic E-state index is 14.1. The van der Waals surface area contributed by atoms with Gasteiger partial charge in [0, 0.05) is 26.3 Å². The minimum atomic E-state index is -1.30. The van der Waals surface area contributed by atoms with Crippen molar-refractivity contribution in [3.05, 3.63) is 59.7 Å². The average molecular weight is 783 g/mol. The predicted octanol–water partition coefficient (Wildman–Crippen LogP) is -0.959. The van der Waals surface area contributed by atoms with E-state index in [1.54, 1.807) is 31.2 Å². The predicted molar refractivity (Wildman–Crippen MR) is 210 cm³/mol. The molecule has 0 heterocycles. The number of aliphatic imine (C=N–C) groups is 1. The first-order valence-electron chi connectivity index (χ1n) is 18.6. The normalized spacial score (nSPS) is 14.1. The van der Waals surface area contributed by atoms with Gasteiger partial charge in [0.25, 0.3) is 0 Å². The van der Waals surface area contributed by atoms with Crippen LogP contribution in [0.15, 0.2) is 53.5 Å². The van der Waals surface area contributed by atoms with Gasteiger partial charge < -0.3 is 59.7 Å². The molecule has 0 radical (unpaired) electrons. The average Bonchev–Trinajstić information content (AvgIpc) is 3.14. The van der Waals surface area contributed by atoms with Gasteiger partial charge in [0.05, 0.1) is 0 Å². The molecule has 0 aromatic heterocycles. The third kappa shape index (κ3) is 16.6. The Labute approximate surface area is 327 Å². The van der Waals surface area contributed by atoms with Crippen molar-refractivity contribution < 1.29 is 39.0 Å². The van der Waals surface area contributed by atoms with E-state index < -0.39 is 71.6 Å². The molecule has 0 saturated heterocycles. The van der Waals surface area contributed by atoms with Gasteiger partial charge >= 0.3 is 0 Å². The van der Waals surface area contributed by atoms with Crippen LogP contribution < -0.4 is 49.5 Å². The van der Waals surface area contributed by atoms with Gasteiger partial charge in [0.2, 0.25) is 35.4 Å². The van der Waals surface area contributed by atoms with Crippen LogP contribution in [0.1, 0.15) is 70.4 Å². The first-order valence-corrected chi connectivity index (χ1v) is 18.6. The summed E-state index contributed by atoms with van der Waals surface area (Å²) in [5.74, 6) is -4.65. The lowest BCUT2D eigenvalue weighted by atomic mass is 9.96. The highest BCUT2D eigenvalue weighted by molar-refractivity contribution is 5.96. The number of benzene rings is 2. The molecule has 15 N–H and O–H groups in total. The topological polar surface area (TPSA) is 319 Å². The van der Waals surface area contributed by atoms with E-state index in [-0.39, 0.29) is 56.1 Å². The van der Waals surface area contributed by atoms with E-state index in [1.807, 2.05) is 6.92 Å². The van der Waals surface area contributed by atoms with Gasteiger partial charge in [-0.2, -0.15) is 0 Å². The molecule has 2 aromatic rings. The highest BCUT2D eigenvalue weighted by atomic mass is 16.3. The van der Waals surface area contributed by atoms with Crippen molar-refractivity contribution in [2.24, 2.45) is 33.8 Å². The lowest BCUT2D eigenvalue weighted by Crippen LogP contribution is -2.60. The monoisotopic (exact) mass is 782 g/mol. The summed E-state index contributed by atoms with van der Waals surface area (Å²) < 4.78 is 0. The van der Waals surface area contributed by atoms with Crippen molar-refractivity contribution in [2.45, 2.75) is 102 Å². The Bertz CT molecular complexity index is 1630. The first-order chi connectivity index (χ1) is 26.5. The number of nitrogens with zero attached hydrogens (tertiary/aromatic N) is 1. The van der Waals surface area contributed by atoms with E-state index in [0.717, 1.165) is 0 Å². The number of phenols is 2. The number of hydrogen-bond donors (Lipinski definition) is 11. The number of unbranched alkanes of at least 4 members (excludes halogenated alkanes) is 1. The Morgan fingerprint density at radius 1 is 0.643 bits per heavy atom. The number of nitrogens with one attached hydrogen (secondary N) is 5. The smallest absolute Gasteiger partial charge is 0.243 e. The largest absolute Gasteiger partial charge is 0.508 e. The standard InChI is InChI=1S/C38H58N10O8/c1-4-22(2)32(37(56)45-28(33(40)52)8-5-6-18-39)48-34(53)29(9-7-19-43-38(41)42)46-36(55)31(21-25-12-16-27(51)17-13-25)47-35(54)30(44-23(3)49)20-24-10-14-26(50)15-11-24/h10-17,22,28-32,50-51H,4-9,18-21,39H2,1-3H3,(H2,40,52)(H,44,49)(H,45,56)(H,46,55)(H,47,54)(H,48,53)(H4,41,42,43)/t22-,28-,29-,30-,31-,32-/m0/s1. The molecule has 18 heteroatoms.